The van der Waals surface area contributed by atoms with E-state index in [4.69, 9.17) is 15.0 Å². The van der Waals surface area contributed by atoms with Gasteiger partial charge in [-0.2, -0.15) is 0 Å². The lowest BCUT2D eigenvalue weighted by Gasteiger charge is -2.15. The fraction of sp³-hybridized carbons (Fsp3) is 0. The standard InChI is InChI=1S/C42H26N4/c1-4-11-27(12-5-1)36-26-37(28-13-6-2-7-14-28)46-42(45-36)31-19-21-33-38(25-31)44-41(30-15-8-3-9-16-30)34-22-18-29-20-23-35-32(17-10-24-43-35)39(29)40(33)34/h1-26H. The highest BCUT2D eigenvalue weighted by atomic mass is 14.9. The van der Waals surface area contributed by atoms with Crippen molar-refractivity contribution in [3.05, 3.63) is 158 Å². The summed E-state index contributed by atoms with van der Waals surface area (Å²) in [5.41, 5.74) is 8.67. The Labute approximate surface area is 265 Å². The molecule has 4 nitrogen and oxygen atoms in total. The van der Waals surface area contributed by atoms with Crippen LogP contribution < -0.4 is 0 Å². The Morgan fingerprint density at radius 2 is 0.978 bits per heavy atom. The maximum Gasteiger partial charge on any atom is 0.160 e. The lowest BCUT2D eigenvalue weighted by atomic mass is 9.92. The van der Waals surface area contributed by atoms with E-state index < -0.39 is 0 Å². The topological polar surface area (TPSA) is 51.6 Å². The summed E-state index contributed by atoms with van der Waals surface area (Å²) in [5, 5.41) is 6.87. The van der Waals surface area contributed by atoms with Crippen LogP contribution in [0.4, 0.5) is 0 Å². The van der Waals surface area contributed by atoms with Crippen LogP contribution in [0.15, 0.2) is 158 Å². The molecule has 0 fully saturated rings. The van der Waals surface area contributed by atoms with Gasteiger partial charge in [-0.15, -0.1) is 0 Å². The van der Waals surface area contributed by atoms with Crippen LogP contribution >= 0.6 is 0 Å². The molecule has 0 radical (unpaired) electrons. The highest BCUT2D eigenvalue weighted by Crippen LogP contribution is 2.40. The number of rotatable bonds is 4. The van der Waals surface area contributed by atoms with Crippen LogP contribution in [0.1, 0.15) is 0 Å². The molecule has 0 bridgehead atoms. The molecule has 4 heteroatoms. The third kappa shape index (κ3) is 4.39. The second kappa shape index (κ2) is 10.7. The summed E-state index contributed by atoms with van der Waals surface area (Å²) in [5.74, 6) is 0.665. The first-order valence-corrected chi connectivity index (χ1v) is 15.4. The summed E-state index contributed by atoms with van der Waals surface area (Å²) in [7, 11) is 0. The molecule has 0 aliphatic rings. The van der Waals surface area contributed by atoms with Crippen LogP contribution in [0, 0.1) is 0 Å². The zero-order valence-corrected chi connectivity index (χ0v) is 24.8. The van der Waals surface area contributed by atoms with Crippen molar-refractivity contribution in [3.8, 4) is 45.2 Å². The fourth-order valence-electron chi connectivity index (χ4n) is 6.52. The molecule has 0 saturated carbocycles. The average Bonchev–Trinajstić information content (AvgIpc) is 3.14. The molecule has 0 unspecified atom stereocenters. The highest BCUT2D eigenvalue weighted by Gasteiger charge is 2.17. The van der Waals surface area contributed by atoms with Crippen LogP contribution in [0.5, 0.6) is 0 Å². The minimum Gasteiger partial charge on any atom is -0.256 e. The molecule has 214 valence electrons. The highest BCUT2D eigenvalue weighted by molar-refractivity contribution is 6.28. The number of pyridine rings is 2. The van der Waals surface area contributed by atoms with Crippen molar-refractivity contribution in [2.45, 2.75) is 0 Å². The van der Waals surface area contributed by atoms with Crippen LogP contribution in [-0.2, 0) is 0 Å². The van der Waals surface area contributed by atoms with Gasteiger partial charge in [-0.1, -0.05) is 127 Å². The van der Waals surface area contributed by atoms with Crippen molar-refractivity contribution in [1.29, 1.82) is 0 Å². The number of hydrogen-bond acceptors (Lipinski definition) is 4. The molecule has 0 N–H and O–H groups in total. The van der Waals surface area contributed by atoms with Gasteiger partial charge in [-0.3, -0.25) is 4.98 Å². The van der Waals surface area contributed by atoms with E-state index in [1.807, 2.05) is 54.7 Å². The third-order valence-corrected chi connectivity index (χ3v) is 8.69. The van der Waals surface area contributed by atoms with Gasteiger partial charge in [0.05, 0.1) is 28.1 Å². The Balaban J connectivity index is 1.35. The predicted molar refractivity (Wildman–Crippen MR) is 189 cm³/mol. The minimum atomic E-state index is 0.665. The van der Waals surface area contributed by atoms with E-state index in [9.17, 15) is 0 Å². The normalized spacial score (nSPS) is 11.5. The van der Waals surface area contributed by atoms with Crippen LogP contribution in [0.2, 0.25) is 0 Å². The Bertz CT molecular complexity index is 2510. The van der Waals surface area contributed by atoms with Crippen LogP contribution in [-0.4, -0.2) is 19.9 Å². The summed E-state index contributed by atoms with van der Waals surface area (Å²) in [4.78, 5) is 20.2. The quantitative estimate of drug-likeness (QED) is 0.193. The van der Waals surface area contributed by atoms with Gasteiger partial charge < -0.3 is 0 Å². The minimum absolute atomic E-state index is 0.665. The Hall–Kier alpha value is -6.26. The molecular weight excluding hydrogens is 560 g/mol. The SMILES string of the molecule is c1ccc(-c2cc(-c3ccccc3)nc(-c3ccc4c(c3)nc(-c3ccccc3)c3ccc5ccc6ncccc6c5c34)n2)cc1. The molecule has 46 heavy (non-hydrogen) atoms. The number of aromatic nitrogens is 4. The molecule has 0 aliphatic heterocycles. The summed E-state index contributed by atoms with van der Waals surface area (Å²) < 4.78 is 0. The van der Waals surface area contributed by atoms with E-state index in [0.29, 0.717) is 5.82 Å². The second-order valence-electron chi connectivity index (χ2n) is 11.5. The van der Waals surface area contributed by atoms with Crippen LogP contribution in [0.25, 0.3) is 88.5 Å². The van der Waals surface area contributed by atoms with Crippen molar-refractivity contribution >= 4 is 43.4 Å². The van der Waals surface area contributed by atoms with E-state index >= 15 is 0 Å². The first-order chi connectivity index (χ1) is 22.8. The van der Waals surface area contributed by atoms with E-state index in [2.05, 4.69) is 108 Å². The molecule has 0 spiro atoms. The van der Waals surface area contributed by atoms with E-state index in [1.54, 1.807) is 0 Å². The molecule has 3 heterocycles. The van der Waals surface area contributed by atoms with Crippen molar-refractivity contribution < 1.29 is 0 Å². The predicted octanol–water partition coefficient (Wildman–Crippen LogP) is 10.5. The Kier molecular flexibility index (Phi) is 6.10. The van der Waals surface area contributed by atoms with Gasteiger partial charge in [0.25, 0.3) is 0 Å². The van der Waals surface area contributed by atoms with E-state index in [0.717, 1.165) is 66.5 Å². The van der Waals surface area contributed by atoms with Gasteiger partial charge >= 0.3 is 0 Å². The zero-order chi connectivity index (χ0) is 30.5. The van der Waals surface area contributed by atoms with Gasteiger partial charge in [-0.25, -0.2) is 15.0 Å². The van der Waals surface area contributed by atoms with Crippen molar-refractivity contribution in [2.75, 3.05) is 0 Å². The molecule has 9 rings (SSSR count). The van der Waals surface area contributed by atoms with Gasteiger partial charge in [0.2, 0.25) is 0 Å². The largest absolute Gasteiger partial charge is 0.256 e. The number of benzene rings is 6. The lowest BCUT2D eigenvalue weighted by Crippen LogP contribution is -1.97. The number of nitrogens with zero attached hydrogens (tertiary/aromatic N) is 4. The summed E-state index contributed by atoms with van der Waals surface area (Å²) in [6.07, 6.45) is 1.86. The molecule has 6 aromatic carbocycles. The molecule has 0 saturated heterocycles. The summed E-state index contributed by atoms with van der Waals surface area (Å²) >= 11 is 0. The molecule has 0 amide bonds. The first-order valence-electron chi connectivity index (χ1n) is 15.4. The molecule has 0 atom stereocenters. The second-order valence-corrected chi connectivity index (χ2v) is 11.5. The van der Waals surface area contributed by atoms with Gasteiger partial charge in [-0.05, 0) is 35.0 Å². The van der Waals surface area contributed by atoms with E-state index in [-0.39, 0.29) is 0 Å². The van der Waals surface area contributed by atoms with Crippen molar-refractivity contribution in [1.82, 2.24) is 19.9 Å². The van der Waals surface area contributed by atoms with Crippen LogP contribution in [0.3, 0.4) is 0 Å². The first kappa shape index (κ1) is 26.2. The van der Waals surface area contributed by atoms with Gasteiger partial charge in [0.15, 0.2) is 5.82 Å². The van der Waals surface area contributed by atoms with Crippen molar-refractivity contribution in [2.24, 2.45) is 0 Å². The maximum absolute atomic E-state index is 5.34. The lowest BCUT2D eigenvalue weighted by molar-refractivity contribution is 1.18. The van der Waals surface area contributed by atoms with Gasteiger partial charge in [0.1, 0.15) is 0 Å². The summed E-state index contributed by atoms with van der Waals surface area (Å²) in [6, 6.07) is 52.4. The fourth-order valence-corrected chi connectivity index (χ4v) is 6.52. The van der Waals surface area contributed by atoms with Crippen molar-refractivity contribution in [3.63, 3.8) is 0 Å². The molecule has 3 aromatic heterocycles. The smallest absolute Gasteiger partial charge is 0.160 e. The Morgan fingerprint density at radius 3 is 1.67 bits per heavy atom. The molecule has 0 aliphatic carbocycles. The Morgan fingerprint density at radius 1 is 0.370 bits per heavy atom. The monoisotopic (exact) mass is 586 g/mol. The maximum atomic E-state index is 5.34. The third-order valence-electron chi connectivity index (χ3n) is 8.69. The molecular formula is C42H26N4. The van der Waals surface area contributed by atoms with Gasteiger partial charge in [0, 0.05) is 50.0 Å². The average molecular weight is 587 g/mol. The number of fused-ring (bicyclic) bond motifs is 7. The zero-order valence-electron chi connectivity index (χ0n) is 24.8. The van der Waals surface area contributed by atoms with E-state index in [1.165, 1.54) is 16.2 Å². The number of hydrogen-bond donors (Lipinski definition) is 0. The molecule has 9 aromatic rings. The summed E-state index contributed by atoms with van der Waals surface area (Å²) in [6.45, 7) is 0.